The van der Waals surface area contributed by atoms with Crippen LogP contribution in [-0.2, 0) is 0 Å². The highest BCUT2D eigenvalue weighted by atomic mass is 16.1. The smallest absolute Gasteiger partial charge is 0.150 e. The number of fused-ring (bicyclic) bond motifs is 2. The monoisotopic (exact) mass is 312 g/mol. The molecule has 0 amide bonds. The molecule has 0 fully saturated rings. The fourth-order valence-corrected chi connectivity index (χ4v) is 2.63. The molecule has 0 aliphatic heterocycles. The molecule has 0 bridgehead atoms. The molecule has 4 rings (SSSR count). The predicted molar refractivity (Wildman–Crippen MR) is 98.7 cm³/mol. The number of benzene rings is 4. The topological polar surface area (TPSA) is 34.1 Å². The van der Waals surface area contributed by atoms with Crippen molar-refractivity contribution in [1.29, 1.82) is 0 Å². The summed E-state index contributed by atoms with van der Waals surface area (Å²) in [5.41, 5.74) is 1.49. The number of hydrogen-bond donors (Lipinski definition) is 0. The van der Waals surface area contributed by atoms with Gasteiger partial charge in [-0.25, -0.2) is 0 Å². The maximum absolute atomic E-state index is 10.6. The summed E-state index contributed by atoms with van der Waals surface area (Å²) in [6.07, 6.45) is 1.76. The van der Waals surface area contributed by atoms with Crippen LogP contribution >= 0.6 is 0 Å². The Morgan fingerprint density at radius 3 is 1.96 bits per heavy atom. The van der Waals surface area contributed by atoms with E-state index in [0.29, 0.717) is 0 Å². The second-order valence-electron chi connectivity index (χ2n) is 5.41. The Kier molecular flexibility index (Phi) is 4.78. The number of carbonyl (C=O) groups excluding carboxylic acids is 2. The van der Waals surface area contributed by atoms with Crippen molar-refractivity contribution in [2.45, 2.75) is 0 Å². The van der Waals surface area contributed by atoms with Crippen LogP contribution in [0.2, 0.25) is 0 Å². The molecule has 2 heteroatoms. The fourth-order valence-electron chi connectivity index (χ4n) is 2.63. The van der Waals surface area contributed by atoms with Crippen molar-refractivity contribution >= 4 is 34.1 Å². The Morgan fingerprint density at radius 2 is 1.21 bits per heavy atom. The lowest BCUT2D eigenvalue weighted by molar-refractivity contribution is 0.111. The van der Waals surface area contributed by atoms with Crippen LogP contribution in [0, 0.1) is 0 Å². The molecule has 2 nitrogen and oxygen atoms in total. The largest absolute Gasteiger partial charge is 0.298 e. The first-order valence-corrected chi connectivity index (χ1v) is 7.69. The normalized spacial score (nSPS) is 10.0. The summed E-state index contributed by atoms with van der Waals surface area (Å²) in [5.74, 6) is 0. The Bertz CT molecular complexity index is 991. The number of rotatable bonds is 2. The van der Waals surface area contributed by atoms with E-state index in [4.69, 9.17) is 0 Å². The van der Waals surface area contributed by atoms with Crippen molar-refractivity contribution in [3.8, 4) is 0 Å². The van der Waals surface area contributed by atoms with E-state index in [9.17, 15) is 9.59 Å². The van der Waals surface area contributed by atoms with E-state index in [1.807, 2.05) is 84.9 Å². The molecule has 0 unspecified atom stereocenters. The maximum Gasteiger partial charge on any atom is 0.150 e. The number of carbonyl (C=O) groups is 2. The van der Waals surface area contributed by atoms with E-state index in [1.165, 1.54) is 5.39 Å². The van der Waals surface area contributed by atoms with E-state index >= 15 is 0 Å². The van der Waals surface area contributed by atoms with Gasteiger partial charge in [-0.3, -0.25) is 9.59 Å². The lowest BCUT2D eigenvalue weighted by atomic mass is 10.1. The average molecular weight is 312 g/mol. The lowest BCUT2D eigenvalue weighted by Gasteiger charge is -1.98. The predicted octanol–water partition coefficient (Wildman–Crippen LogP) is 5.30. The molecule has 0 heterocycles. The molecule has 0 atom stereocenters. The summed E-state index contributed by atoms with van der Waals surface area (Å²) in [6.45, 7) is 0. The van der Waals surface area contributed by atoms with Gasteiger partial charge in [-0.05, 0) is 27.6 Å². The molecule has 24 heavy (non-hydrogen) atoms. The zero-order chi connectivity index (χ0) is 16.8. The van der Waals surface area contributed by atoms with Crippen molar-refractivity contribution in [2.24, 2.45) is 0 Å². The molecule has 0 aromatic heterocycles. The third-order valence-electron chi connectivity index (χ3n) is 3.86. The average Bonchev–Trinajstić information content (AvgIpc) is 2.67. The fraction of sp³-hybridized carbons (Fsp3) is 0. The summed E-state index contributed by atoms with van der Waals surface area (Å²) in [6, 6.07) is 27.3. The van der Waals surface area contributed by atoms with Crippen molar-refractivity contribution < 1.29 is 9.59 Å². The van der Waals surface area contributed by atoms with E-state index < -0.39 is 0 Å². The Morgan fingerprint density at radius 1 is 0.542 bits per heavy atom. The summed E-state index contributed by atoms with van der Waals surface area (Å²) in [7, 11) is 0. The zero-order valence-electron chi connectivity index (χ0n) is 13.1. The van der Waals surface area contributed by atoms with Gasteiger partial charge in [0.1, 0.15) is 6.29 Å². The van der Waals surface area contributed by atoms with Crippen LogP contribution < -0.4 is 0 Å². The molecule has 0 aliphatic rings. The molecule has 0 aliphatic carbocycles. The molecule has 116 valence electrons. The molecule has 4 aromatic rings. The summed E-state index contributed by atoms with van der Waals surface area (Å²) in [5, 5.41) is 4.42. The molecular formula is C22H16O2. The number of aldehydes is 2. The van der Waals surface area contributed by atoms with Gasteiger partial charge in [-0.2, -0.15) is 0 Å². The molecule has 0 radical (unpaired) electrons. The first-order valence-electron chi connectivity index (χ1n) is 7.69. The highest BCUT2D eigenvalue weighted by Crippen LogP contribution is 2.16. The van der Waals surface area contributed by atoms with Crippen LogP contribution in [0.3, 0.4) is 0 Å². The van der Waals surface area contributed by atoms with Crippen molar-refractivity contribution in [2.75, 3.05) is 0 Å². The highest BCUT2D eigenvalue weighted by molar-refractivity contribution is 5.97. The third kappa shape index (κ3) is 3.39. The summed E-state index contributed by atoms with van der Waals surface area (Å²) in [4.78, 5) is 21.1. The van der Waals surface area contributed by atoms with Gasteiger partial charge in [0, 0.05) is 11.1 Å². The Hall–Kier alpha value is -3.26. The van der Waals surface area contributed by atoms with Gasteiger partial charge in [0.2, 0.25) is 0 Å². The van der Waals surface area contributed by atoms with Gasteiger partial charge in [0.05, 0.1) is 0 Å². The van der Waals surface area contributed by atoms with Gasteiger partial charge in [-0.15, -0.1) is 0 Å². The van der Waals surface area contributed by atoms with Gasteiger partial charge >= 0.3 is 0 Å². The minimum absolute atomic E-state index is 0.730. The molecule has 0 saturated carbocycles. The van der Waals surface area contributed by atoms with E-state index in [-0.39, 0.29) is 0 Å². The lowest BCUT2D eigenvalue weighted by Crippen LogP contribution is -1.81. The SMILES string of the molecule is O=Cc1ccc2ccccc2c1.O=Cc1cccc2ccccc12. The van der Waals surface area contributed by atoms with Crippen molar-refractivity contribution in [3.63, 3.8) is 0 Å². The second kappa shape index (κ2) is 7.34. The summed E-state index contributed by atoms with van der Waals surface area (Å²) < 4.78 is 0. The third-order valence-corrected chi connectivity index (χ3v) is 3.86. The van der Waals surface area contributed by atoms with E-state index in [2.05, 4.69) is 0 Å². The van der Waals surface area contributed by atoms with Crippen LogP contribution in [0.4, 0.5) is 0 Å². The Balaban J connectivity index is 0.000000141. The maximum atomic E-state index is 10.6. The van der Waals surface area contributed by atoms with Gasteiger partial charge in [0.25, 0.3) is 0 Å². The summed E-state index contributed by atoms with van der Waals surface area (Å²) >= 11 is 0. The van der Waals surface area contributed by atoms with Crippen molar-refractivity contribution in [1.82, 2.24) is 0 Å². The minimum Gasteiger partial charge on any atom is -0.298 e. The van der Waals surface area contributed by atoms with E-state index in [0.717, 1.165) is 39.9 Å². The standard InChI is InChI=1S/2C11H8O/c12-8-10-6-3-5-9-4-1-2-7-11(9)10;12-8-9-5-6-10-3-1-2-4-11(10)7-9/h2*1-8H. The van der Waals surface area contributed by atoms with Gasteiger partial charge in [0.15, 0.2) is 6.29 Å². The zero-order valence-corrected chi connectivity index (χ0v) is 13.1. The van der Waals surface area contributed by atoms with Crippen molar-refractivity contribution in [3.05, 3.63) is 96.1 Å². The molecule has 0 saturated heterocycles. The second-order valence-corrected chi connectivity index (χ2v) is 5.41. The van der Waals surface area contributed by atoms with Crippen LogP contribution in [0.5, 0.6) is 0 Å². The van der Waals surface area contributed by atoms with Crippen LogP contribution in [0.15, 0.2) is 84.9 Å². The van der Waals surface area contributed by atoms with Crippen LogP contribution in [0.25, 0.3) is 21.5 Å². The number of hydrogen-bond acceptors (Lipinski definition) is 2. The van der Waals surface area contributed by atoms with E-state index in [1.54, 1.807) is 0 Å². The Labute approximate surface area is 140 Å². The van der Waals surface area contributed by atoms with Gasteiger partial charge in [-0.1, -0.05) is 78.9 Å². The molecule has 4 aromatic carbocycles. The molecule has 0 spiro atoms. The quantitative estimate of drug-likeness (QED) is 0.470. The van der Waals surface area contributed by atoms with Crippen LogP contribution in [0.1, 0.15) is 20.7 Å². The highest BCUT2D eigenvalue weighted by Gasteiger charge is 1.96. The molecular weight excluding hydrogens is 296 g/mol. The minimum atomic E-state index is 0.730. The van der Waals surface area contributed by atoms with Gasteiger partial charge < -0.3 is 0 Å². The first-order chi connectivity index (χ1) is 11.8. The first kappa shape index (κ1) is 15.6. The molecule has 0 N–H and O–H groups in total. The van der Waals surface area contributed by atoms with Crippen LogP contribution in [-0.4, -0.2) is 12.6 Å².